The zero-order valence-corrected chi connectivity index (χ0v) is 18.1. The number of rotatable bonds is 6. The third-order valence-corrected chi connectivity index (χ3v) is 5.30. The summed E-state index contributed by atoms with van der Waals surface area (Å²) in [5.74, 6) is 0.718. The van der Waals surface area contributed by atoms with Crippen molar-refractivity contribution in [2.24, 2.45) is 0 Å². The maximum Gasteiger partial charge on any atom is 0.416 e. The number of pyridine rings is 1. The second-order valence-electron chi connectivity index (χ2n) is 7.74. The second-order valence-corrected chi connectivity index (χ2v) is 7.74. The fourth-order valence-electron chi connectivity index (χ4n) is 3.55. The molecule has 0 amide bonds. The zero-order chi connectivity index (χ0) is 23.4. The molecule has 4 aromatic rings. The van der Waals surface area contributed by atoms with Crippen molar-refractivity contribution in [3.05, 3.63) is 114 Å². The van der Waals surface area contributed by atoms with E-state index in [-0.39, 0.29) is 0 Å². The van der Waals surface area contributed by atoms with Gasteiger partial charge in [0, 0.05) is 17.3 Å². The summed E-state index contributed by atoms with van der Waals surface area (Å²) >= 11 is 0. The van der Waals surface area contributed by atoms with E-state index in [4.69, 9.17) is 4.74 Å². The minimum absolute atomic E-state index is 0.331. The van der Waals surface area contributed by atoms with E-state index in [1.54, 1.807) is 6.20 Å². The first kappa shape index (κ1) is 22.3. The third kappa shape index (κ3) is 5.14. The van der Waals surface area contributed by atoms with E-state index in [1.807, 2.05) is 67.6 Å². The Hall–Kier alpha value is -3.86. The summed E-state index contributed by atoms with van der Waals surface area (Å²) in [4.78, 5) is 4.45. The van der Waals surface area contributed by atoms with Gasteiger partial charge in [-0.25, -0.2) is 0 Å². The van der Waals surface area contributed by atoms with Crippen LogP contribution in [0.25, 0.3) is 28.0 Å². The summed E-state index contributed by atoms with van der Waals surface area (Å²) in [5.41, 5.74) is 5.35. The van der Waals surface area contributed by atoms with Crippen LogP contribution in [0.5, 0.6) is 5.75 Å². The molecular weight excluding hydrogens is 423 g/mol. The molecule has 33 heavy (non-hydrogen) atoms. The van der Waals surface area contributed by atoms with Crippen LogP contribution in [-0.2, 0) is 12.8 Å². The third-order valence-electron chi connectivity index (χ3n) is 5.30. The number of benzene rings is 3. The molecule has 1 heterocycles. The zero-order valence-electron chi connectivity index (χ0n) is 18.1. The first-order chi connectivity index (χ1) is 15.8. The van der Waals surface area contributed by atoms with Crippen molar-refractivity contribution in [1.29, 1.82) is 0 Å². The average Bonchev–Trinajstić information content (AvgIpc) is 2.83. The van der Waals surface area contributed by atoms with Crippen LogP contribution in [0, 0.1) is 0 Å². The minimum Gasteiger partial charge on any atom is -0.488 e. The van der Waals surface area contributed by atoms with E-state index in [2.05, 4.69) is 11.6 Å². The lowest BCUT2D eigenvalue weighted by Gasteiger charge is -2.16. The van der Waals surface area contributed by atoms with Gasteiger partial charge in [0.25, 0.3) is 0 Å². The molecule has 0 atom stereocenters. The smallest absolute Gasteiger partial charge is 0.416 e. The Labute approximate surface area is 191 Å². The number of alkyl halides is 3. The fraction of sp³-hybridized carbons (Fsp3) is 0.107. The SMILES string of the molecule is C=C(C)c1cccc(-c2ccccn2)c1OCc1ccc(-c2ccc(C(F)(F)F)cc2)cc1. The standard InChI is InChI=1S/C28H22F3NO/c1-19(2)24-6-5-7-25(26-8-3-4-17-32-26)27(24)33-18-20-9-11-21(12-10-20)22-13-15-23(16-14-22)28(29,30)31/h3-17H,1,18H2,2H3. The average molecular weight is 445 g/mol. The number of nitrogens with zero attached hydrogens (tertiary/aromatic N) is 1. The molecule has 0 bridgehead atoms. The first-order valence-corrected chi connectivity index (χ1v) is 10.4. The Morgan fingerprint density at radius 3 is 2.09 bits per heavy atom. The Morgan fingerprint density at radius 2 is 1.52 bits per heavy atom. The highest BCUT2D eigenvalue weighted by Gasteiger charge is 2.29. The number of hydrogen-bond acceptors (Lipinski definition) is 2. The van der Waals surface area contributed by atoms with Crippen LogP contribution in [0.15, 0.2) is 97.7 Å². The van der Waals surface area contributed by atoms with Gasteiger partial charge in [0.1, 0.15) is 12.4 Å². The van der Waals surface area contributed by atoms with Gasteiger partial charge in [0.2, 0.25) is 0 Å². The molecular formula is C28H22F3NO. The predicted molar refractivity (Wildman–Crippen MR) is 126 cm³/mol. The molecule has 0 radical (unpaired) electrons. The van der Waals surface area contributed by atoms with Crippen molar-refractivity contribution in [2.45, 2.75) is 19.7 Å². The molecule has 0 N–H and O–H groups in total. The minimum atomic E-state index is -4.34. The molecule has 0 saturated heterocycles. The van der Waals surface area contributed by atoms with Crippen LogP contribution in [0.2, 0.25) is 0 Å². The maximum absolute atomic E-state index is 12.8. The number of hydrogen-bond donors (Lipinski definition) is 0. The number of aromatic nitrogens is 1. The molecule has 0 aliphatic heterocycles. The molecule has 0 aliphatic carbocycles. The van der Waals surface area contributed by atoms with Crippen molar-refractivity contribution < 1.29 is 17.9 Å². The summed E-state index contributed by atoms with van der Waals surface area (Å²) in [6.45, 7) is 6.34. The Balaban J connectivity index is 1.55. The molecule has 2 nitrogen and oxygen atoms in total. The van der Waals surface area contributed by atoms with Gasteiger partial charge in [-0.05, 0) is 59.5 Å². The van der Waals surface area contributed by atoms with E-state index in [0.29, 0.717) is 6.61 Å². The molecule has 0 aliphatic rings. The summed E-state index contributed by atoms with van der Waals surface area (Å²) in [7, 11) is 0. The topological polar surface area (TPSA) is 22.1 Å². The monoisotopic (exact) mass is 445 g/mol. The van der Waals surface area contributed by atoms with Crippen LogP contribution in [0.3, 0.4) is 0 Å². The van der Waals surface area contributed by atoms with Crippen LogP contribution in [0.1, 0.15) is 23.6 Å². The lowest BCUT2D eigenvalue weighted by molar-refractivity contribution is -0.137. The van der Waals surface area contributed by atoms with Crippen LogP contribution in [0.4, 0.5) is 13.2 Å². The van der Waals surface area contributed by atoms with Crippen molar-refractivity contribution >= 4 is 5.57 Å². The molecule has 0 spiro atoms. The van der Waals surface area contributed by atoms with E-state index >= 15 is 0 Å². The van der Waals surface area contributed by atoms with Gasteiger partial charge >= 0.3 is 6.18 Å². The molecule has 0 saturated carbocycles. The second kappa shape index (κ2) is 9.33. The number of ether oxygens (including phenoxy) is 1. The van der Waals surface area contributed by atoms with Crippen molar-refractivity contribution in [3.63, 3.8) is 0 Å². The highest BCUT2D eigenvalue weighted by molar-refractivity contribution is 5.78. The van der Waals surface area contributed by atoms with E-state index < -0.39 is 11.7 Å². The molecule has 1 aromatic heterocycles. The molecule has 0 fully saturated rings. The highest BCUT2D eigenvalue weighted by atomic mass is 19.4. The summed E-state index contributed by atoms with van der Waals surface area (Å²) in [5, 5.41) is 0. The Morgan fingerprint density at radius 1 is 0.848 bits per heavy atom. The molecule has 0 unspecified atom stereocenters. The van der Waals surface area contributed by atoms with Crippen LogP contribution >= 0.6 is 0 Å². The molecule has 3 aromatic carbocycles. The quantitative estimate of drug-likeness (QED) is 0.300. The Bertz CT molecular complexity index is 1250. The predicted octanol–water partition coefficient (Wildman–Crippen LogP) is 8.05. The maximum atomic E-state index is 12.8. The van der Waals surface area contributed by atoms with Crippen molar-refractivity contribution in [2.75, 3.05) is 0 Å². The normalized spacial score (nSPS) is 11.3. The lowest BCUT2D eigenvalue weighted by atomic mass is 10.0. The van der Waals surface area contributed by atoms with Gasteiger partial charge in [-0.1, -0.05) is 61.2 Å². The molecule has 4 rings (SSSR count). The van der Waals surface area contributed by atoms with Gasteiger partial charge in [-0.3, -0.25) is 4.98 Å². The fourth-order valence-corrected chi connectivity index (χ4v) is 3.55. The number of allylic oxidation sites excluding steroid dienone is 1. The van der Waals surface area contributed by atoms with Gasteiger partial charge in [-0.15, -0.1) is 0 Å². The summed E-state index contributed by atoms with van der Waals surface area (Å²) in [6, 6.07) is 24.4. The lowest BCUT2D eigenvalue weighted by Crippen LogP contribution is -2.04. The first-order valence-electron chi connectivity index (χ1n) is 10.4. The van der Waals surface area contributed by atoms with E-state index in [1.165, 1.54) is 12.1 Å². The van der Waals surface area contributed by atoms with E-state index in [9.17, 15) is 13.2 Å². The summed E-state index contributed by atoms with van der Waals surface area (Å²) in [6.07, 6.45) is -2.60. The highest BCUT2D eigenvalue weighted by Crippen LogP contribution is 2.36. The van der Waals surface area contributed by atoms with Gasteiger partial charge < -0.3 is 4.74 Å². The number of halogens is 3. The van der Waals surface area contributed by atoms with Gasteiger partial charge in [0.05, 0.1) is 11.3 Å². The van der Waals surface area contributed by atoms with Crippen LogP contribution < -0.4 is 4.74 Å². The van der Waals surface area contributed by atoms with Crippen LogP contribution in [-0.4, -0.2) is 4.98 Å². The summed E-state index contributed by atoms with van der Waals surface area (Å²) < 4.78 is 44.6. The molecule has 166 valence electrons. The van der Waals surface area contributed by atoms with E-state index in [0.717, 1.165) is 57.0 Å². The van der Waals surface area contributed by atoms with Crippen molar-refractivity contribution in [3.8, 4) is 28.1 Å². The Kier molecular flexibility index (Phi) is 6.31. The van der Waals surface area contributed by atoms with Gasteiger partial charge in [0.15, 0.2) is 0 Å². The number of para-hydroxylation sites is 1. The largest absolute Gasteiger partial charge is 0.488 e. The van der Waals surface area contributed by atoms with Crippen molar-refractivity contribution in [1.82, 2.24) is 4.98 Å². The van der Waals surface area contributed by atoms with Gasteiger partial charge in [-0.2, -0.15) is 13.2 Å². The molecule has 5 heteroatoms.